The summed E-state index contributed by atoms with van der Waals surface area (Å²) in [4.78, 5) is 8.81. The van der Waals surface area contributed by atoms with Crippen molar-refractivity contribution in [2.75, 3.05) is 5.73 Å². The van der Waals surface area contributed by atoms with E-state index < -0.39 is 0 Å². The van der Waals surface area contributed by atoms with Crippen LogP contribution in [0.4, 0.5) is 5.82 Å². The number of nitrogens with zero attached hydrogens (tertiary/aromatic N) is 2. The molecule has 1 aromatic carbocycles. The molecule has 0 atom stereocenters. The molecule has 0 radical (unpaired) electrons. The molecule has 0 aliphatic rings. The number of rotatable bonds is 2. The zero-order valence-electron chi connectivity index (χ0n) is 8.32. The van der Waals surface area contributed by atoms with Gasteiger partial charge < -0.3 is 5.73 Å². The number of benzene rings is 1. The fraction of sp³-hybridized carbons (Fsp3) is 0. The van der Waals surface area contributed by atoms with E-state index >= 15 is 0 Å². The molecule has 2 rings (SSSR count). The van der Waals surface area contributed by atoms with Crippen LogP contribution in [0.5, 0.6) is 0 Å². The molecular formula is C10H6BrCl2N3S. The second-order valence-electron chi connectivity index (χ2n) is 3.05. The molecule has 0 amide bonds. The van der Waals surface area contributed by atoms with Gasteiger partial charge in [-0.25, -0.2) is 9.97 Å². The standard InChI is InChI=1S/C10H6BrCl2N3S/c11-8-9(14)15-4-16-10(8)17-7-3-5(12)1-2-6(7)13/h1-4H,(H2,14,15,16). The molecule has 17 heavy (non-hydrogen) atoms. The molecule has 0 unspecified atom stereocenters. The van der Waals surface area contributed by atoms with Gasteiger partial charge in [0.2, 0.25) is 0 Å². The van der Waals surface area contributed by atoms with Gasteiger partial charge in [0, 0.05) is 9.92 Å². The first kappa shape index (κ1) is 13.0. The highest BCUT2D eigenvalue weighted by Gasteiger charge is 2.10. The minimum atomic E-state index is 0.389. The molecule has 0 aliphatic carbocycles. The number of aromatic nitrogens is 2. The van der Waals surface area contributed by atoms with Crippen LogP contribution >= 0.6 is 50.9 Å². The Balaban J connectivity index is 2.38. The summed E-state index contributed by atoms with van der Waals surface area (Å²) >= 11 is 16.7. The molecular weight excluding hydrogens is 345 g/mol. The molecule has 0 spiro atoms. The summed E-state index contributed by atoms with van der Waals surface area (Å²) in [5.41, 5.74) is 5.67. The molecule has 2 aromatic rings. The molecule has 7 heteroatoms. The highest BCUT2D eigenvalue weighted by atomic mass is 79.9. The van der Waals surface area contributed by atoms with Crippen LogP contribution in [0.25, 0.3) is 0 Å². The summed E-state index contributed by atoms with van der Waals surface area (Å²) in [6, 6.07) is 5.25. The van der Waals surface area contributed by atoms with Crippen LogP contribution in [-0.2, 0) is 0 Å². The van der Waals surface area contributed by atoms with E-state index in [0.717, 1.165) is 4.90 Å². The average Bonchev–Trinajstić information content (AvgIpc) is 2.30. The van der Waals surface area contributed by atoms with Crippen LogP contribution in [0.1, 0.15) is 0 Å². The second kappa shape index (κ2) is 5.44. The topological polar surface area (TPSA) is 51.8 Å². The van der Waals surface area contributed by atoms with E-state index in [1.807, 2.05) is 0 Å². The molecule has 3 nitrogen and oxygen atoms in total. The summed E-state index contributed by atoms with van der Waals surface area (Å²) < 4.78 is 0.654. The lowest BCUT2D eigenvalue weighted by atomic mass is 10.4. The van der Waals surface area contributed by atoms with Gasteiger partial charge in [0.1, 0.15) is 17.2 Å². The summed E-state index contributed by atoms with van der Waals surface area (Å²) in [6.07, 6.45) is 1.40. The molecule has 0 aliphatic heterocycles. The van der Waals surface area contributed by atoms with Crippen molar-refractivity contribution in [1.82, 2.24) is 9.97 Å². The fourth-order valence-corrected chi connectivity index (χ4v) is 2.87. The van der Waals surface area contributed by atoms with E-state index in [1.54, 1.807) is 18.2 Å². The van der Waals surface area contributed by atoms with Gasteiger partial charge in [-0.2, -0.15) is 0 Å². The minimum absolute atomic E-state index is 0.389. The summed E-state index contributed by atoms with van der Waals surface area (Å²) in [5, 5.41) is 1.93. The summed E-state index contributed by atoms with van der Waals surface area (Å²) in [6.45, 7) is 0. The van der Waals surface area contributed by atoms with Gasteiger partial charge in [0.25, 0.3) is 0 Å². The van der Waals surface area contributed by atoms with Gasteiger partial charge >= 0.3 is 0 Å². The van der Waals surface area contributed by atoms with Gasteiger partial charge in [-0.3, -0.25) is 0 Å². The highest BCUT2D eigenvalue weighted by Crippen LogP contribution is 2.38. The van der Waals surface area contributed by atoms with Crippen LogP contribution in [0.2, 0.25) is 10.0 Å². The maximum absolute atomic E-state index is 6.07. The van der Waals surface area contributed by atoms with E-state index in [9.17, 15) is 0 Å². The average molecular weight is 351 g/mol. The number of nitrogen functional groups attached to an aromatic ring is 1. The first-order chi connectivity index (χ1) is 8.08. The quantitative estimate of drug-likeness (QED) is 0.821. The predicted molar refractivity (Wildman–Crippen MR) is 74.7 cm³/mol. The minimum Gasteiger partial charge on any atom is -0.383 e. The molecule has 1 aromatic heterocycles. The van der Waals surface area contributed by atoms with Gasteiger partial charge in [-0.05, 0) is 34.1 Å². The Labute approximate surface area is 121 Å². The molecule has 0 bridgehead atoms. The van der Waals surface area contributed by atoms with Crippen LogP contribution in [0, 0.1) is 0 Å². The van der Waals surface area contributed by atoms with E-state index in [4.69, 9.17) is 28.9 Å². The largest absolute Gasteiger partial charge is 0.383 e. The number of nitrogens with two attached hydrogens (primary N) is 1. The number of hydrogen-bond donors (Lipinski definition) is 1. The van der Waals surface area contributed by atoms with Gasteiger partial charge in [0.15, 0.2) is 0 Å². The van der Waals surface area contributed by atoms with Crippen LogP contribution < -0.4 is 5.73 Å². The maximum Gasteiger partial charge on any atom is 0.142 e. The Hall–Kier alpha value is -0.490. The van der Waals surface area contributed by atoms with E-state index in [1.165, 1.54) is 18.1 Å². The Kier molecular flexibility index (Phi) is 4.14. The Morgan fingerprint density at radius 1 is 1.24 bits per heavy atom. The first-order valence-electron chi connectivity index (χ1n) is 4.47. The molecule has 0 fully saturated rings. The fourth-order valence-electron chi connectivity index (χ4n) is 1.10. The lowest BCUT2D eigenvalue weighted by molar-refractivity contribution is 1.03. The van der Waals surface area contributed by atoms with Crippen molar-refractivity contribution in [3.8, 4) is 0 Å². The number of anilines is 1. The Bertz CT molecular complexity index is 565. The van der Waals surface area contributed by atoms with Crippen molar-refractivity contribution in [2.24, 2.45) is 0 Å². The van der Waals surface area contributed by atoms with Crippen molar-refractivity contribution in [1.29, 1.82) is 0 Å². The van der Waals surface area contributed by atoms with Crippen LogP contribution in [0.15, 0.2) is 38.9 Å². The molecule has 2 N–H and O–H groups in total. The smallest absolute Gasteiger partial charge is 0.142 e. The van der Waals surface area contributed by atoms with Crippen LogP contribution in [0.3, 0.4) is 0 Å². The Morgan fingerprint density at radius 3 is 2.76 bits per heavy atom. The van der Waals surface area contributed by atoms with E-state index in [2.05, 4.69) is 25.9 Å². The number of hydrogen-bond acceptors (Lipinski definition) is 4. The zero-order valence-corrected chi connectivity index (χ0v) is 12.2. The van der Waals surface area contributed by atoms with Crippen molar-refractivity contribution in [3.63, 3.8) is 0 Å². The van der Waals surface area contributed by atoms with Crippen molar-refractivity contribution in [2.45, 2.75) is 9.92 Å². The normalized spacial score (nSPS) is 10.5. The van der Waals surface area contributed by atoms with Crippen molar-refractivity contribution in [3.05, 3.63) is 39.0 Å². The van der Waals surface area contributed by atoms with E-state index in [-0.39, 0.29) is 0 Å². The third-order valence-electron chi connectivity index (χ3n) is 1.88. The third kappa shape index (κ3) is 3.04. The molecule has 88 valence electrons. The van der Waals surface area contributed by atoms with Gasteiger partial charge in [-0.1, -0.05) is 35.0 Å². The van der Waals surface area contributed by atoms with Gasteiger partial charge in [0.05, 0.1) is 9.50 Å². The van der Waals surface area contributed by atoms with Crippen LogP contribution in [-0.4, -0.2) is 9.97 Å². The van der Waals surface area contributed by atoms with E-state index in [0.29, 0.717) is 25.4 Å². The summed E-state index contributed by atoms with van der Waals surface area (Å²) in [7, 11) is 0. The second-order valence-corrected chi connectivity index (χ2v) is 5.72. The highest BCUT2D eigenvalue weighted by molar-refractivity contribution is 9.10. The molecule has 1 heterocycles. The first-order valence-corrected chi connectivity index (χ1v) is 6.83. The zero-order chi connectivity index (χ0) is 12.4. The van der Waals surface area contributed by atoms with Crippen molar-refractivity contribution < 1.29 is 0 Å². The third-order valence-corrected chi connectivity index (χ3v) is 4.67. The Morgan fingerprint density at radius 2 is 2.00 bits per heavy atom. The molecule has 0 saturated heterocycles. The lowest BCUT2D eigenvalue weighted by Gasteiger charge is -2.06. The lowest BCUT2D eigenvalue weighted by Crippen LogP contribution is -1.94. The SMILES string of the molecule is Nc1ncnc(Sc2cc(Cl)ccc2Cl)c1Br. The van der Waals surface area contributed by atoms with Crippen molar-refractivity contribution >= 4 is 56.7 Å². The number of halogens is 3. The summed E-state index contributed by atoms with van der Waals surface area (Å²) in [5.74, 6) is 0.389. The maximum atomic E-state index is 6.07. The monoisotopic (exact) mass is 349 g/mol. The molecule has 0 saturated carbocycles. The predicted octanol–water partition coefficient (Wildman–Crippen LogP) is 4.28. The van der Waals surface area contributed by atoms with Gasteiger partial charge in [-0.15, -0.1) is 0 Å².